The van der Waals surface area contributed by atoms with Gasteiger partial charge in [0.2, 0.25) is 0 Å². The average molecular weight is 246 g/mol. The van der Waals surface area contributed by atoms with E-state index in [2.05, 4.69) is 4.90 Å². The van der Waals surface area contributed by atoms with Gasteiger partial charge in [-0.25, -0.2) is 0 Å². The SMILES string of the molecule is ClCCCCCN1CCOC2CCCCC21. The van der Waals surface area contributed by atoms with E-state index in [4.69, 9.17) is 16.3 Å². The van der Waals surface area contributed by atoms with Gasteiger partial charge in [-0.15, -0.1) is 11.6 Å². The summed E-state index contributed by atoms with van der Waals surface area (Å²) in [7, 11) is 0. The molecule has 0 aromatic heterocycles. The molecule has 2 aliphatic rings. The molecule has 0 radical (unpaired) electrons. The van der Waals surface area contributed by atoms with E-state index in [-0.39, 0.29) is 0 Å². The second-order valence-electron chi connectivity index (χ2n) is 5.05. The monoisotopic (exact) mass is 245 g/mol. The van der Waals surface area contributed by atoms with Crippen LogP contribution in [-0.2, 0) is 4.74 Å². The van der Waals surface area contributed by atoms with Crippen molar-refractivity contribution < 1.29 is 4.74 Å². The molecule has 1 saturated heterocycles. The topological polar surface area (TPSA) is 12.5 Å². The molecule has 1 aliphatic carbocycles. The lowest BCUT2D eigenvalue weighted by Crippen LogP contribution is -2.52. The van der Waals surface area contributed by atoms with Crippen molar-refractivity contribution in [1.29, 1.82) is 0 Å². The Morgan fingerprint density at radius 1 is 1.12 bits per heavy atom. The number of rotatable bonds is 5. The lowest BCUT2D eigenvalue weighted by molar-refractivity contribution is -0.0882. The zero-order valence-electron chi connectivity index (χ0n) is 10.2. The van der Waals surface area contributed by atoms with Gasteiger partial charge in [-0.1, -0.05) is 19.3 Å². The number of unbranched alkanes of at least 4 members (excludes halogenated alkanes) is 2. The maximum atomic E-state index is 5.88. The first-order valence-corrected chi connectivity index (χ1v) is 7.37. The van der Waals surface area contributed by atoms with Crippen LogP contribution in [0.3, 0.4) is 0 Å². The van der Waals surface area contributed by atoms with Crippen molar-refractivity contribution in [3.8, 4) is 0 Å². The minimum Gasteiger partial charge on any atom is -0.375 e. The summed E-state index contributed by atoms with van der Waals surface area (Å²) in [6, 6.07) is 0.721. The van der Waals surface area contributed by atoms with Gasteiger partial charge in [-0.3, -0.25) is 4.90 Å². The highest BCUT2D eigenvalue weighted by atomic mass is 35.5. The van der Waals surface area contributed by atoms with Crippen molar-refractivity contribution in [2.45, 2.75) is 57.1 Å². The Morgan fingerprint density at radius 2 is 2.00 bits per heavy atom. The van der Waals surface area contributed by atoms with E-state index in [1.165, 1.54) is 51.5 Å². The van der Waals surface area contributed by atoms with Crippen LogP contribution in [0.2, 0.25) is 0 Å². The van der Waals surface area contributed by atoms with Crippen LogP contribution in [0, 0.1) is 0 Å². The third kappa shape index (κ3) is 3.35. The Kier molecular flexibility index (Phi) is 5.40. The Bertz CT molecular complexity index is 198. The van der Waals surface area contributed by atoms with E-state index in [0.29, 0.717) is 6.10 Å². The minimum absolute atomic E-state index is 0.538. The van der Waals surface area contributed by atoms with E-state index < -0.39 is 0 Å². The molecule has 0 aromatic carbocycles. The van der Waals surface area contributed by atoms with Gasteiger partial charge in [-0.2, -0.15) is 0 Å². The third-order valence-electron chi connectivity index (χ3n) is 3.93. The molecule has 2 fully saturated rings. The van der Waals surface area contributed by atoms with Gasteiger partial charge in [0.05, 0.1) is 12.7 Å². The highest BCUT2D eigenvalue weighted by Crippen LogP contribution is 2.28. The van der Waals surface area contributed by atoms with Crippen LogP contribution in [-0.4, -0.2) is 42.6 Å². The van der Waals surface area contributed by atoms with Crippen molar-refractivity contribution in [3.63, 3.8) is 0 Å². The van der Waals surface area contributed by atoms with Gasteiger partial charge >= 0.3 is 0 Å². The Hall–Kier alpha value is 0.210. The summed E-state index contributed by atoms with van der Waals surface area (Å²) in [5.74, 6) is 0.815. The molecule has 2 nitrogen and oxygen atoms in total. The van der Waals surface area contributed by atoms with E-state index in [1.807, 2.05) is 0 Å². The normalized spacial score (nSPS) is 31.3. The number of ether oxygens (including phenoxy) is 1. The summed E-state index contributed by atoms with van der Waals surface area (Å²) >= 11 is 5.70. The summed E-state index contributed by atoms with van der Waals surface area (Å²) in [6.45, 7) is 3.33. The first-order valence-electron chi connectivity index (χ1n) is 6.83. The van der Waals surface area contributed by atoms with Crippen molar-refractivity contribution in [2.75, 3.05) is 25.6 Å². The first kappa shape index (κ1) is 12.7. The molecular formula is C13H24ClNO. The van der Waals surface area contributed by atoms with Gasteiger partial charge in [0.1, 0.15) is 0 Å². The molecule has 1 aliphatic heterocycles. The van der Waals surface area contributed by atoms with Crippen LogP contribution in [0.5, 0.6) is 0 Å². The minimum atomic E-state index is 0.538. The summed E-state index contributed by atoms with van der Waals surface area (Å²) in [5.41, 5.74) is 0. The van der Waals surface area contributed by atoms with Crippen LogP contribution >= 0.6 is 11.6 Å². The molecule has 1 saturated carbocycles. The van der Waals surface area contributed by atoms with E-state index in [9.17, 15) is 0 Å². The lowest BCUT2D eigenvalue weighted by atomic mass is 9.90. The quantitative estimate of drug-likeness (QED) is 0.545. The predicted octanol–water partition coefficient (Wildman–Crippen LogP) is 3.04. The average Bonchev–Trinajstić information content (AvgIpc) is 2.35. The molecule has 0 bridgehead atoms. The number of halogens is 1. The summed E-state index contributed by atoms with van der Waals surface area (Å²) in [5, 5.41) is 0. The fourth-order valence-electron chi connectivity index (χ4n) is 3.04. The maximum Gasteiger partial charge on any atom is 0.0730 e. The molecule has 0 aromatic rings. The largest absolute Gasteiger partial charge is 0.375 e. The molecule has 0 amide bonds. The number of morpholine rings is 1. The number of hydrogen-bond acceptors (Lipinski definition) is 2. The molecule has 3 heteroatoms. The number of fused-ring (bicyclic) bond motifs is 1. The molecule has 0 spiro atoms. The molecule has 94 valence electrons. The number of alkyl halides is 1. The van der Waals surface area contributed by atoms with Crippen LogP contribution in [0.25, 0.3) is 0 Å². The highest BCUT2D eigenvalue weighted by molar-refractivity contribution is 6.17. The van der Waals surface area contributed by atoms with E-state index in [1.54, 1.807) is 0 Å². The Balaban J connectivity index is 1.74. The van der Waals surface area contributed by atoms with Crippen molar-refractivity contribution in [1.82, 2.24) is 4.90 Å². The van der Waals surface area contributed by atoms with Gasteiger partial charge in [-0.05, 0) is 32.2 Å². The van der Waals surface area contributed by atoms with E-state index in [0.717, 1.165) is 25.1 Å². The Morgan fingerprint density at radius 3 is 2.88 bits per heavy atom. The second-order valence-corrected chi connectivity index (χ2v) is 5.42. The van der Waals surface area contributed by atoms with Gasteiger partial charge in [0.25, 0.3) is 0 Å². The van der Waals surface area contributed by atoms with Crippen molar-refractivity contribution >= 4 is 11.6 Å². The molecule has 16 heavy (non-hydrogen) atoms. The molecule has 2 rings (SSSR count). The van der Waals surface area contributed by atoms with Gasteiger partial charge in [0.15, 0.2) is 0 Å². The van der Waals surface area contributed by atoms with Gasteiger partial charge in [0, 0.05) is 18.5 Å². The fraction of sp³-hybridized carbons (Fsp3) is 1.00. The van der Waals surface area contributed by atoms with Crippen molar-refractivity contribution in [2.24, 2.45) is 0 Å². The van der Waals surface area contributed by atoms with Crippen LogP contribution in [0.15, 0.2) is 0 Å². The number of nitrogens with zero attached hydrogens (tertiary/aromatic N) is 1. The first-order chi connectivity index (χ1) is 7.92. The maximum absolute atomic E-state index is 5.88. The highest BCUT2D eigenvalue weighted by Gasteiger charge is 2.33. The third-order valence-corrected chi connectivity index (χ3v) is 4.19. The van der Waals surface area contributed by atoms with E-state index >= 15 is 0 Å². The lowest BCUT2D eigenvalue weighted by Gasteiger charge is -2.43. The van der Waals surface area contributed by atoms with Crippen LogP contribution in [0.4, 0.5) is 0 Å². The van der Waals surface area contributed by atoms with Crippen LogP contribution in [0.1, 0.15) is 44.9 Å². The van der Waals surface area contributed by atoms with Crippen LogP contribution < -0.4 is 0 Å². The fourth-order valence-corrected chi connectivity index (χ4v) is 3.23. The predicted molar refractivity (Wildman–Crippen MR) is 68.1 cm³/mol. The zero-order chi connectivity index (χ0) is 11.2. The molecule has 1 heterocycles. The number of hydrogen-bond donors (Lipinski definition) is 0. The summed E-state index contributed by atoms with van der Waals surface area (Å²) in [6.07, 6.45) is 9.66. The second kappa shape index (κ2) is 6.83. The Labute approximate surface area is 104 Å². The van der Waals surface area contributed by atoms with Gasteiger partial charge < -0.3 is 4.74 Å². The molecule has 0 N–H and O–H groups in total. The smallest absolute Gasteiger partial charge is 0.0730 e. The standard InChI is InChI=1S/C13H24ClNO/c14-8-4-1-5-9-15-10-11-16-13-7-3-2-6-12(13)15/h12-13H,1-11H2. The van der Waals surface area contributed by atoms with Crippen molar-refractivity contribution in [3.05, 3.63) is 0 Å². The zero-order valence-corrected chi connectivity index (χ0v) is 10.9. The molecule has 2 atom stereocenters. The summed E-state index contributed by atoms with van der Waals surface area (Å²) < 4.78 is 5.88. The summed E-state index contributed by atoms with van der Waals surface area (Å²) in [4.78, 5) is 2.67. The molecular weight excluding hydrogens is 222 g/mol. The molecule has 2 unspecified atom stereocenters.